The smallest absolute Gasteiger partial charge is 0.326 e. The van der Waals surface area contributed by atoms with E-state index in [-0.39, 0.29) is 12.5 Å². The van der Waals surface area contributed by atoms with Gasteiger partial charge in [-0.05, 0) is 38.1 Å². The molecule has 1 heterocycles. The Morgan fingerprint density at radius 3 is 2.61 bits per heavy atom. The number of carbonyl (C=O) groups is 2. The number of amides is 1. The monoisotopic (exact) mass is 254 g/mol. The van der Waals surface area contributed by atoms with E-state index < -0.39 is 12.0 Å². The number of carboxylic acid groups (broad SMARTS) is 1. The first-order chi connectivity index (χ1) is 8.68. The van der Waals surface area contributed by atoms with Crippen LogP contribution >= 0.6 is 0 Å². The van der Waals surface area contributed by atoms with Gasteiger partial charge in [-0.25, -0.2) is 4.79 Å². The van der Waals surface area contributed by atoms with Crippen molar-refractivity contribution in [2.24, 2.45) is 5.92 Å². The van der Waals surface area contributed by atoms with Crippen molar-refractivity contribution >= 4 is 11.9 Å². The molecule has 2 aliphatic rings. The Morgan fingerprint density at radius 2 is 1.94 bits per heavy atom. The molecule has 18 heavy (non-hydrogen) atoms. The maximum Gasteiger partial charge on any atom is 0.326 e. The highest BCUT2D eigenvalue weighted by Gasteiger charge is 2.30. The summed E-state index contributed by atoms with van der Waals surface area (Å²) in [5, 5.41) is 12.3. The summed E-state index contributed by atoms with van der Waals surface area (Å²) in [6, 6.07) is -0.622. The van der Waals surface area contributed by atoms with Gasteiger partial charge in [0.25, 0.3) is 0 Å². The molecule has 1 unspecified atom stereocenters. The van der Waals surface area contributed by atoms with Gasteiger partial charge in [-0.2, -0.15) is 0 Å². The van der Waals surface area contributed by atoms with Crippen molar-refractivity contribution in [3.63, 3.8) is 0 Å². The minimum Gasteiger partial charge on any atom is -0.480 e. The van der Waals surface area contributed by atoms with Crippen LogP contribution in [0.3, 0.4) is 0 Å². The van der Waals surface area contributed by atoms with Crippen LogP contribution in [-0.4, -0.2) is 47.6 Å². The van der Waals surface area contributed by atoms with Crippen LogP contribution in [0.4, 0.5) is 0 Å². The minimum absolute atomic E-state index is 0.0649. The number of rotatable bonds is 5. The van der Waals surface area contributed by atoms with Gasteiger partial charge in [0.05, 0.1) is 6.54 Å². The Hall–Kier alpha value is -1.10. The van der Waals surface area contributed by atoms with E-state index in [0.717, 1.165) is 31.7 Å². The molecule has 0 aromatic carbocycles. The number of carbonyl (C=O) groups excluding carboxylic acids is 1. The van der Waals surface area contributed by atoms with Gasteiger partial charge in [-0.15, -0.1) is 0 Å². The second kappa shape index (κ2) is 6.18. The highest BCUT2D eigenvalue weighted by molar-refractivity contribution is 5.84. The molecule has 2 fully saturated rings. The third kappa shape index (κ3) is 3.70. The maximum atomic E-state index is 12.1. The molecular formula is C13H22N2O3. The topological polar surface area (TPSA) is 69.6 Å². The lowest BCUT2D eigenvalue weighted by Gasteiger charge is -2.27. The van der Waals surface area contributed by atoms with Gasteiger partial charge >= 0.3 is 5.97 Å². The summed E-state index contributed by atoms with van der Waals surface area (Å²) < 4.78 is 0. The molecule has 1 aliphatic carbocycles. The third-order valence-corrected chi connectivity index (χ3v) is 3.76. The number of hydrogen-bond donors (Lipinski definition) is 2. The first-order valence-electron chi connectivity index (χ1n) is 6.91. The largest absolute Gasteiger partial charge is 0.480 e. The lowest BCUT2D eigenvalue weighted by atomic mass is 10.1. The van der Waals surface area contributed by atoms with Crippen LogP contribution in [0.2, 0.25) is 0 Å². The SMILES string of the molecule is O=C(O)C1CCCCCN1C(=O)CNCC1CC1. The Balaban J connectivity index is 1.84. The van der Waals surface area contributed by atoms with Gasteiger partial charge in [0.15, 0.2) is 0 Å². The molecule has 5 heteroatoms. The molecule has 0 aromatic rings. The van der Waals surface area contributed by atoms with E-state index in [1.807, 2.05) is 0 Å². The zero-order valence-electron chi connectivity index (χ0n) is 10.7. The van der Waals surface area contributed by atoms with E-state index in [9.17, 15) is 14.7 Å². The van der Waals surface area contributed by atoms with E-state index in [4.69, 9.17) is 0 Å². The second-order valence-electron chi connectivity index (χ2n) is 5.36. The standard InChI is InChI=1S/C13H22N2O3/c16-12(9-14-8-10-5-6-10)15-7-3-1-2-4-11(15)13(17)18/h10-11,14H,1-9H2,(H,17,18). The predicted octanol–water partition coefficient (Wildman–Crippen LogP) is 0.842. The van der Waals surface area contributed by atoms with Crippen LogP contribution in [0, 0.1) is 5.92 Å². The summed E-state index contributed by atoms with van der Waals surface area (Å²) in [5.41, 5.74) is 0. The number of carboxylic acids is 1. The first-order valence-corrected chi connectivity index (χ1v) is 6.91. The Morgan fingerprint density at radius 1 is 1.17 bits per heavy atom. The molecule has 1 aliphatic heterocycles. The maximum absolute atomic E-state index is 12.1. The molecule has 2 N–H and O–H groups in total. The fourth-order valence-corrected chi connectivity index (χ4v) is 2.47. The van der Waals surface area contributed by atoms with Crippen LogP contribution in [0.25, 0.3) is 0 Å². The van der Waals surface area contributed by atoms with Crippen molar-refractivity contribution in [1.29, 1.82) is 0 Å². The van der Waals surface area contributed by atoms with Gasteiger partial charge in [-0.3, -0.25) is 4.79 Å². The van der Waals surface area contributed by atoms with E-state index in [1.165, 1.54) is 12.8 Å². The van der Waals surface area contributed by atoms with Crippen LogP contribution in [0.5, 0.6) is 0 Å². The highest BCUT2D eigenvalue weighted by atomic mass is 16.4. The summed E-state index contributed by atoms with van der Waals surface area (Å²) in [6.45, 7) is 1.75. The Labute approximate surface area is 108 Å². The van der Waals surface area contributed by atoms with Crippen molar-refractivity contribution in [2.75, 3.05) is 19.6 Å². The molecule has 1 amide bonds. The highest BCUT2D eigenvalue weighted by Crippen LogP contribution is 2.27. The lowest BCUT2D eigenvalue weighted by Crippen LogP contribution is -2.48. The molecule has 1 saturated carbocycles. The Kier molecular flexibility index (Phi) is 4.58. The number of likely N-dealkylation sites (tertiary alicyclic amines) is 1. The van der Waals surface area contributed by atoms with Crippen molar-refractivity contribution in [2.45, 2.75) is 44.6 Å². The average Bonchev–Trinajstić information content (AvgIpc) is 3.14. The average molecular weight is 254 g/mol. The molecule has 2 rings (SSSR count). The summed E-state index contributed by atoms with van der Waals surface area (Å²) in [4.78, 5) is 24.8. The van der Waals surface area contributed by atoms with Crippen LogP contribution < -0.4 is 5.32 Å². The molecule has 5 nitrogen and oxygen atoms in total. The summed E-state index contributed by atoms with van der Waals surface area (Å²) in [6.07, 6.45) is 5.92. The normalized spacial score (nSPS) is 24.7. The fourth-order valence-electron chi connectivity index (χ4n) is 2.47. The van der Waals surface area contributed by atoms with Crippen molar-refractivity contribution in [3.8, 4) is 0 Å². The van der Waals surface area contributed by atoms with Gasteiger partial charge in [0, 0.05) is 6.54 Å². The van der Waals surface area contributed by atoms with Gasteiger partial charge in [-0.1, -0.05) is 12.8 Å². The quantitative estimate of drug-likeness (QED) is 0.763. The van der Waals surface area contributed by atoms with Gasteiger partial charge in [0.2, 0.25) is 5.91 Å². The molecular weight excluding hydrogens is 232 g/mol. The molecule has 1 atom stereocenters. The van der Waals surface area contributed by atoms with E-state index in [2.05, 4.69) is 5.32 Å². The summed E-state index contributed by atoms with van der Waals surface area (Å²) in [5.74, 6) is -0.199. The predicted molar refractivity (Wildman–Crippen MR) is 67.2 cm³/mol. The third-order valence-electron chi connectivity index (χ3n) is 3.76. The number of nitrogens with one attached hydrogen (secondary N) is 1. The molecule has 0 bridgehead atoms. The zero-order valence-corrected chi connectivity index (χ0v) is 10.7. The van der Waals surface area contributed by atoms with Crippen LogP contribution in [0.15, 0.2) is 0 Å². The zero-order chi connectivity index (χ0) is 13.0. The summed E-state index contributed by atoms with van der Waals surface area (Å²) in [7, 11) is 0. The van der Waals surface area contributed by atoms with Gasteiger partial charge in [0.1, 0.15) is 6.04 Å². The molecule has 102 valence electrons. The molecule has 0 spiro atoms. The van der Waals surface area contributed by atoms with E-state index in [0.29, 0.717) is 13.0 Å². The number of aliphatic carboxylic acids is 1. The lowest BCUT2D eigenvalue weighted by molar-refractivity contribution is -0.149. The van der Waals surface area contributed by atoms with Crippen LogP contribution in [0.1, 0.15) is 38.5 Å². The fraction of sp³-hybridized carbons (Fsp3) is 0.846. The van der Waals surface area contributed by atoms with E-state index >= 15 is 0 Å². The van der Waals surface area contributed by atoms with Crippen molar-refractivity contribution in [1.82, 2.24) is 10.2 Å². The summed E-state index contributed by atoms with van der Waals surface area (Å²) >= 11 is 0. The first kappa shape index (κ1) is 13.3. The second-order valence-corrected chi connectivity index (χ2v) is 5.36. The van der Waals surface area contributed by atoms with E-state index in [1.54, 1.807) is 4.90 Å². The van der Waals surface area contributed by atoms with Gasteiger partial charge < -0.3 is 15.3 Å². The number of hydrogen-bond acceptors (Lipinski definition) is 3. The molecule has 0 aromatic heterocycles. The van der Waals surface area contributed by atoms with Crippen molar-refractivity contribution in [3.05, 3.63) is 0 Å². The molecule has 1 saturated heterocycles. The molecule has 0 radical (unpaired) electrons. The minimum atomic E-state index is -0.868. The number of nitrogens with zero attached hydrogens (tertiary/aromatic N) is 1. The van der Waals surface area contributed by atoms with Crippen LogP contribution in [-0.2, 0) is 9.59 Å². The van der Waals surface area contributed by atoms with Crippen molar-refractivity contribution < 1.29 is 14.7 Å². The Bertz CT molecular complexity index is 315.